The maximum Gasteiger partial charge on any atom is 0.308 e. The zero-order valence-electron chi connectivity index (χ0n) is 13.8. The summed E-state index contributed by atoms with van der Waals surface area (Å²) in [5.74, 6) is 0.277. The number of rotatable bonds is 4. The molecule has 2 aliphatic rings. The van der Waals surface area contributed by atoms with E-state index in [1.54, 1.807) is 14.2 Å². The number of aliphatic carboxylic acids is 1. The van der Waals surface area contributed by atoms with Gasteiger partial charge in [-0.15, -0.1) is 0 Å². The Kier molecular flexibility index (Phi) is 4.76. The molecule has 23 heavy (non-hydrogen) atoms. The summed E-state index contributed by atoms with van der Waals surface area (Å²) in [4.78, 5) is 14.2. The van der Waals surface area contributed by atoms with E-state index in [9.17, 15) is 9.90 Å². The molecule has 126 valence electrons. The third kappa shape index (κ3) is 3.02. The average molecular weight is 319 g/mol. The smallest absolute Gasteiger partial charge is 0.308 e. The molecule has 0 unspecified atom stereocenters. The first-order valence-electron chi connectivity index (χ1n) is 8.36. The standard InChI is InChI=1S/C18H25NO4/c1-22-15-9-6-12(11-16(15)23-2)17-14(18(20)21)8-7-13-5-3-4-10-19(13)17/h6,9,11,13-14,17H,3-5,7-8,10H2,1-2H3,(H,20,21)/t13-,14+,17+/m0/s1. The highest BCUT2D eigenvalue weighted by Crippen LogP contribution is 2.44. The SMILES string of the molecule is COc1ccc([C@@H]2[C@H](C(=O)O)CC[C@@H]3CCCCN32)cc1OC. The molecule has 5 heteroatoms. The highest BCUT2D eigenvalue weighted by atomic mass is 16.5. The number of benzene rings is 1. The number of piperidine rings is 2. The molecule has 0 spiro atoms. The molecule has 2 aliphatic heterocycles. The number of carbonyl (C=O) groups is 1. The van der Waals surface area contributed by atoms with Crippen LogP contribution in [-0.2, 0) is 4.79 Å². The van der Waals surface area contributed by atoms with E-state index < -0.39 is 5.97 Å². The predicted molar refractivity (Wildman–Crippen MR) is 87.0 cm³/mol. The highest BCUT2D eigenvalue weighted by molar-refractivity contribution is 5.71. The molecule has 0 amide bonds. The van der Waals surface area contributed by atoms with Gasteiger partial charge < -0.3 is 14.6 Å². The predicted octanol–water partition coefficient (Wildman–Crippen LogP) is 3.09. The maximum absolute atomic E-state index is 11.8. The van der Waals surface area contributed by atoms with Crippen molar-refractivity contribution in [2.24, 2.45) is 5.92 Å². The third-order valence-electron chi connectivity index (χ3n) is 5.29. The van der Waals surface area contributed by atoms with Crippen molar-refractivity contribution >= 4 is 5.97 Å². The molecule has 0 aliphatic carbocycles. The van der Waals surface area contributed by atoms with E-state index in [0.717, 1.165) is 31.4 Å². The Bertz CT molecular complexity index is 574. The minimum absolute atomic E-state index is 0.0774. The van der Waals surface area contributed by atoms with Gasteiger partial charge in [-0.3, -0.25) is 9.69 Å². The van der Waals surface area contributed by atoms with Gasteiger partial charge >= 0.3 is 5.97 Å². The maximum atomic E-state index is 11.8. The van der Waals surface area contributed by atoms with Crippen LogP contribution in [0, 0.1) is 5.92 Å². The molecule has 2 heterocycles. The first-order chi connectivity index (χ1) is 11.2. The van der Waals surface area contributed by atoms with Gasteiger partial charge in [0.2, 0.25) is 0 Å². The van der Waals surface area contributed by atoms with Gasteiger partial charge in [0.25, 0.3) is 0 Å². The fourth-order valence-corrected chi connectivity index (χ4v) is 4.18. The van der Waals surface area contributed by atoms with Crippen LogP contribution in [0.1, 0.15) is 43.7 Å². The van der Waals surface area contributed by atoms with Gasteiger partial charge in [0.05, 0.1) is 20.1 Å². The molecule has 0 aromatic heterocycles. The average Bonchev–Trinajstić information content (AvgIpc) is 2.59. The minimum atomic E-state index is -0.700. The van der Waals surface area contributed by atoms with Gasteiger partial charge in [0.15, 0.2) is 11.5 Å². The van der Waals surface area contributed by atoms with Crippen molar-refractivity contribution in [3.63, 3.8) is 0 Å². The van der Waals surface area contributed by atoms with Crippen LogP contribution in [-0.4, -0.2) is 42.8 Å². The van der Waals surface area contributed by atoms with Crippen molar-refractivity contribution in [2.45, 2.75) is 44.2 Å². The Hall–Kier alpha value is -1.75. The Balaban J connectivity index is 1.99. The van der Waals surface area contributed by atoms with Crippen LogP contribution >= 0.6 is 0 Å². The van der Waals surface area contributed by atoms with Crippen molar-refractivity contribution in [1.82, 2.24) is 4.90 Å². The molecule has 5 nitrogen and oxygen atoms in total. The van der Waals surface area contributed by atoms with Crippen molar-refractivity contribution < 1.29 is 19.4 Å². The van der Waals surface area contributed by atoms with E-state index in [4.69, 9.17) is 9.47 Å². The van der Waals surface area contributed by atoms with E-state index in [2.05, 4.69) is 4.90 Å². The van der Waals surface area contributed by atoms with Crippen LogP contribution in [0.2, 0.25) is 0 Å². The normalized spacial score (nSPS) is 28.0. The summed E-state index contributed by atoms with van der Waals surface area (Å²) in [6, 6.07) is 6.24. The minimum Gasteiger partial charge on any atom is -0.493 e. The number of hydrogen-bond acceptors (Lipinski definition) is 4. The molecule has 1 aromatic rings. The number of fused-ring (bicyclic) bond motifs is 1. The molecule has 2 fully saturated rings. The molecule has 3 rings (SSSR count). The second-order valence-corrected chi connectivity index (χ2v) is 6.47. The summed E-state index contributed by atoms with van der Waals surface area (Å²) in [5, 5.41) is 9.70. The molecule has 1 aromatic carbocycles. The largest absolute Gasteiger partial charge is 0.493 e. The number of carboxylic acids is 1. The van der Waals surface area contributed by atoms with Gasteiger partial charge in [0.1, 0.15) is 0 Å². The molecule has 0 saturated carbocycles. The van der Waals surface area contributed by atoms with Crippen LogP contribution in [0.3, 0.4) is 0 Å². The van der Waals surface area contributed by atoms with E-state index in [-0.39, 0.29) is 12.0 Å². The summed E-state index contributed by atoms with van der Waals surface area (Å²) in [6.07, 6.45) is 5.30. The monoisotopic (exact) mass is 319 g/mol. The second-order valence-electron chi connectivity index (χ2n) is 6.47. The summed E-state index contributed by atoms with van der Waals surface area (Å²) in [7, 11) is 3.22. The van der Waals surface area contributed by atoms with E-state index in [0.29, 0.717) is 17.5 Å². The van der Waals surface area contributed by atoms with Crippen molar-refractivity contribution in [2.75, 3.05) is 20.8 Å². The molecule has 1 N–H and O–H groups in total. The van der Waals surface area contributed by atoms with Crippen LogP contribution < -0.4 is 9.47 Å². The second kappa shape index (κ2) is 6.79. The van der Waals surface area contributed by atoms with Crippen LogP contribution in [0.5, 0.6) is 11.5 Å². The zero-order valence-corrected chi connectivity index (χ0v) is 13.8. The van der Waals surface area contributed by atoms with Gasteiger partial charge in [0, 0.05) is 12.1 Å². The molecular weight excluding hydrogens is 294 g/mol. The summed E-state index contributed by atoms with van der Waals surface area (Å²) >= 11 is 0. The molecular formula is C18H25NO4. The Labute approximate surface area is 137 Å². The van der Waals surface area contributed by atoms with Gasteiger partial charge in [-0.1, -0.05) is 12.5 Å². The van der Waals surface area contributed by atoms with Crippen molar-refractivity contribution in [3.8, 4) is 11.5 Å². The lowest BCUT2D eigenvalue weighted by Crippen LogP contribution is -2.50. The third-order valence-corrected chi connectivity index (χ3v) is 5.29. The molecule has 0 radical (unpaired) electrons. The van der Waals surface area contributed by atoms with Crippen LogP contribution in [0.25, 0.3) is 0 Å². The fraction of sp³-hybridized carbons (Fsp3) is 0.611. The molecule has 0 bridgehead atoms. The van der Waals surface area contributed by atoms with Crippen molar-refractivity contribution in [3.05, 3.63) is 23.8 Å². The van der Waals surface area contributed by atoms with Crippen LogP contribution in [0.15, 0.2) is 18.2 Å². The Morgan fingerprint density at radius 3 is 2.61 bits per heavy atom. The Morgan fingerprint density at radius 2 is 1.91 bits per heavy atom. The number of nitrogens with zero attached hydrogens (tertiary/aromatic N) is 1. The highest BCUT2D eigenvalue weighted by Gasteiger charge is 2.42. The van der Waals surface area contributed by atoms with E-state index in [1.807, 2.05) is 18.2 Å². The zero-order chi connectivity index (χ0) is 16.4. The number of ether oxygens (including phenoxy) is 2. The first-order valence-corrected chi connectivity index (χ1v) is 8.36. The quantitative estimate of drug-likeness (QED) is 0.924. The summed E-state index contributed by atoms with van der Waals surface area (Å²) < 4.78 is 10.7. The van der Waals surface area contributed by atoms with Gasteiger partial charge in [-0.2, -0.15) is 0 Å². The summed E-state index contributed by atoms with van der Waals surface area (Å²) in [6.45, 7) is 0.980. The first kappa shape index (κ1) is 16.1. The van der Waals surface area contributed by atoms with Crippen molar-refractivity contribution in [1.29, 1.82) is 0 Å². The van der Waals surface area contributed by atoms with E-state index >= 15 is 0 Å². The van der Waals surface area contributed by atoms with Crippen LogP contribution in [0.4, 0.5) is 0 Å². The number of methoxy groups -OCH3 is 2. The molecule has 2 saturated heterocycles. The van der Waals surface area contributed by atoms with Gasteiger partial charge in [-0.05, 0) is 49.9 Å². The van der Waals surface area contributed by atoms with E-state index in [1.165, 1.54) is 12.8 Å². The molecule has 3 atom stereocenters. The Morgan fingerprint density at radius 1 is 1.13 bits per heavy atom. The van der Waals surface area contributed by atoms with Gasteiger partial charge in [-0.25, -0.2) is 0 Å². The summed E-state index contributed by atoms with van der Waals surface area (Å²) in [5.41, 5.74) is 1.02. The lowest BCUT2D eigenvalue weighted by molar-refractivity contribution is -0.148. The number of carboxylic acid groups (broad SMARTS) is 1. The lowest BCUT2D eigenvalue weighted by atomic mass is 9.79. The fourth-order valence-electron chi connectivity index (χ4n) is 4.18. The topological polar surface area (TPSA) is 59.0 Å². The lowest BCUT2D eigenvalue weighted by Gasteiger charge is -2.47. The number of hydrogen-bond donors (Lipinski definition) is 1.